The van der Waals surface area contributed by atoms with Crippen molar-refractivity contribution in [1.29, 1.82) is 10.5 Å². The van der Waals surface area contributed by atoms with Gasteiger partial charge in [-0.1, -0.05) is 187 Å². The summed E-state index contributed by atoms with van der Waals surface area (Å²) >= 11 is 3.54. The number of hydrogen-bond acceptors (Lipinski definition) is 15. The van der Waals surface area contributed by atoms with E-state index in [2.05, 4.69) is 139 Å². The van der Waals surface area contributed by atoms with Gasteiger partial charge in [-0.3, -0.25) is 24.1 Å². The van der Waals surface area contributed by atoms with Crippen LogP contribution in [-0.2, 0) is 63.2 Å². The third kappa shape index (κ3) is 12.8. The number of amides is 2. The van der Waals surface area contributed by atoms with Crippen LogP contribution in [0.5, 0.6) is 0 Å². The van der Waals surface area contributed by atoms with Crippen LogP contribution in [0.4, 0.5) is 0 Å². The predicted molar refractivity (Wildman–Crippen MR) is 322 cm³/mol. The zero-order chi connectivity index (χ0) is 59.7. The molecule has 0 aromatic heterocycles. The van der Waals surface area contributed by atoms with Crippen LogP contribution in [0.3, 0.4) is 0 Å². The molecule has 82 heavy (non-hydrogen) atoms. The van der Waals surface area contributed by atoms with Gasteiger partial charge in [0.1, 0.15) is 48.7 Å². The Bertz CT molecular complexity index is 2530. The van der Waals surface area contributed by atoms with Crippen LogP contribution < -0.4 is 29.6 Å². The van der Waals surface area contributed by atoms with Crippen LogP contribution in [0.2, 0.25) is 44.3 Å². The van der Waals surface area contributed by atoms with Crippen molar-refractivity contribution in [2.45, 2.75) is 241 Å². The average molecular weight is 1280 g/mol. The third-order valence-electron chi connectivity index (χ3n) is 17.5. The first-order valence-electron chi connectivity index (χ1n) is 28.9. The SMILES string of the molecule is CC(C)[Si]1(C(C)C)OC2C(=O)C(Br)C(C#N)C3(CC(=O)N3OCc3ccccc3)C2O[Si](C(C)C)(C(C)C)O1.CC(C)[Si]1(C(C)C)OC2C(O)CC(C#N)C3(CC(=O)N3OCc3ccccc3)C2O[Si](C(C)C)(C(C)C)O1.CCO.[B].[H-].[Na+]. The standard InChI is InChI=1S/C28H41BrN2O6Si2.C28H44N2O6Si2.C2H6O.B.Na.H/c1-17(2)38(18(3)4)35-26-25(33)24(29)22(15-30)28(27(26)36-39(37-38,19(5)6)20(7)8)14-23(32)31(28)34-16-21-12-10-9-11-13-21;1-18(2)37(19(3)4)34-26-24(31)14-23(16-29)28(27(26)35-38(36-37,20(5)6)21(7)8)15-25(32)30(28)33-17-22-12-10-9-11-13-22;1-2-3;;;/h9-13,17-20,22,24,26-27H,14,16H2,1-8H3;9-13,18-21,23-24,26-27,31H,14-15,17H2,1-8H3;3H,2H2,1H3;;;/q;;;;+1;-1. The monoisotopic (exact) mass is 1280 g/mol. The van der Waals surface area contributed by atoms with Gasteiger partial charge < -0.3 is 37.6 Å². The van der Waals surface area contributed by atoms with E-state index >= 15 is 0 Å². The number of aliphatic hydroxyl groups is 2. The van der Waals surface area contributed by atoms with Crippen molar-refractivity contribution in [2.75, 3.05) is 6.61 Å². The first kappa shape index (κ1) is 72.5. The Morgan fingerprint density at radius 3 is 1.34 bits per heavy atom. The van der Waals surface area contributed by atoms with E-state index in [1.165, 1.54) is 10.1 Å². The molecule has 4 aliphatic heterocycles. The minimum absolute atomic E-state index is 0. The molecule has 2 N–H and O–H groups in total. The predicted octanol–water partition coefficient (Wildman–Crippen LogP) is 7.95. The van der Waals surface area contributed by atoms with E-state index in [0.717, 1.165) is 11.1 Å². The Labute approximate surface area is 527 Å². The van der Waals surface area contributed by atoms with Gasteiger partial charge in [0.2, 0.25) is 11.8 Å². The summed E-state index contributed by atoms with van der Waals surface area (Å²) in [5.74, 6) is -2.23. The van der Waals surface area contributed by atoms with Crippen molar-refractivity contribution < 1.29 is 91.2 Å². The second-order valence-electron chi connectivity index (χ2n) is 25.0. The number of hydrogen-bond donors (Lipinski definition) is 2. The largest absolute Gasteiger partial charge is 1.00 e. The number of carbonyl (C=O) groups excluding carboxylic acids is 3. The molecule has 0 bridgehead atoms. The number of ketones is 1. The number of rotatable bonds is 14. The summed E-state index contributed by atoms with van der Waals surface area (Å²) < 4.78 is 43.0. The first-order chi connectivity index (χ1) is 37.5. The van der Waals surface area contributed by atoms with E-state index in [4.69, 9.17) is 40.7 Å². The third-order valence-corrected chi connectivity index (χ3v) is 39.0. The normalized spacial score (nSPS) is 30.4. The molecule has 449 valence electrons. The zero-order valence-corrected chi connectivity index (χ0v) is 59.5. The number of Topliss-reactive ketones (excluding diaryl/α,β-unsaturated/α-hetero) is 1. The minimum atomic E-state index is -3.09. The van der Waals surface area contributed by atoms with Gasteiger partial charge in [0.15, 0.2) is 5.78 Å². The van der Waals surface area contributed by atoms with Crippen LogP contribution in [0.25, 0.3) is 0 Å². The van der Waals surface area contributed by atoms with Crippen molar-refractivity contribution >= 4 is 76.2 Å². The zero-order valence-electron chi connectivity index (χ0n) is 52.9. The molecule has 2 aromatic carbocycles. The summed E-state index contributed by atoms with van der Waals surface area (Å²) in [6.07, 6.45) is -3.95. The number of benzene rings is 2. The molecule has 3 radical (unpaired) electrons. The number of hydroxylamine groups is 4. The summed E-state index contributed by atoms with van der Waals surface area (Å²) in [5, 5.41) is 42.5. The van der Waals surface area contributed by atoms with E-state index in [-0.39, 0.29) is 140 Å². The van der Waals surface area contributed by atoms with Crippen LogP contribution in [0.15, 0.2) is 60.7 Å². The fourth-order valence-corrected chi connectivity index (χ4v) is 36.7. The second kappa shape index (κ2) is 28.9. The quantitative estimate of drug-likeness (QED) is 0.104. The molecule has 2 aromatic rings. The maximum atomic E-state index is 14.0. The molecule has 4 heterocycles. The number of carbonyl (C=O) groups is 3. The number of halogens is 1. The Morgan fingerprint density at radius 2 is 0.976 bits per heavy atom. The Kier molecular flexibility index (Phi) is 25.6. The van der Waals surface area contributed by atoms with Gasteiger partial charge in [0, 0.05) is 15.0 Å². The number of nitriles is 2. The molecule has 24 heteroatoms. The molecule has 8 rings (SSSR count). The van der Waals surface area contributed by atoms with Crippen LogP contribution in [0.1, 0.15) is 150 Å². The molecule has 6 aliphatic rings. The van der Waals surface area contributed by atoms with Gasteiger partial charge in [0.25, 0.3) is 0 Å². The van der Waals surface area contributed by atoms with Gasteiger partial charge in [-0.15, -0.1) is 0 Å². The van der Waals surface area contributed by atoms with Gasteiger partial charge in [-0.2, -0.15) is 10.5 Å². The molecule has 10 atom stereocenters. The topological polar surface area (TPSA) is 220 Å². The molecular weight excluding hydrogens is 1190 g/mol. The molecule has 2 aliphatic carbocycles. The molecule has 2 saturated carbocycles. The van der Waals surface area contributed by atoms with E-state index < -0.39 is 92.5 Å². The van der Waals surface area contributed by atoms with Crippen molar-refractivity contribution in [3.8, 4) is 12.1 Å². The van der Waals surface area contributed by atoms with Gasteiger partial charge >= 0.3 is 63.8 Å². The molecule has 2 amide bonds. The van der Waals surface area contributed by atoms with Crippen LogP contribution in [-0.4, -0.2) is 134 Å². The van der Waals surface area contributed by atoms with Crippen molar-refractivity contribution in [3.05, 3.63) is 71.8 Å². The number of aliphatic hydroxyl groups excluding tert-OH is 2. The maximum absolute atomic E-state index is 14.0. The Hall–Kier alpha value is -1.96. The van der Waals surface area contributed by atoms with E-state index in [9.17, 15) is 30.0 Å². The average Bonchev–Trinajstić information content (AvgIpc) is 1.95. The van der Waals surface area contributed by atoms with Crippen LogP contribution in [0, 0.1) is 34.5 Å². The summed E-state index contributed by atoms with van der Waals surface area (Å²) in [5.41, 5.74) is 0.100. The summed E-state index contributed by atoms with van der Waals surface area (Å²) in [7, 11) is -12.1. The van der Waals surface area contributed by atoms with Crippen molar-refractivity contribution in [1.82, 2.24) is 10.1 Å². The summed E-state index contributed by atoms with van der Waals surface area (Å²) in [6.45, 7) is 36.2. The molecular formula is C58H92BBrN4NaO13Si4. The minimum Gasteiger partial charge on any atom is -1.00 e. The van der Waals surface area contributed by atoms with Gasteiger partial charge in [-0.25, -0.2) is 10.1 Å². The number of fused-ring (bicyclic) bond motifs is 4. The molecule has 10 unspecified atom stereocenters. The summed E-state index contributed by atoms with van der Waals surface area (Å²) in [6, 6.07) is 23.9. The first-order valence-corrected chi connectivity index (χ1v) is 37.7. The van der Waals surface area contributed by atoms with Crippen LogP contribution >= 0.6 is 15.9 Å². The summed E-state index contributed by atoms with van der Waals surface area (Å²) in [4.78, 5) is 51.8. The fourth-order valence-electron chi connectivity index (χ4n) is 13.3. The van der Waals surface area contributed by atoms with Crippen molar-refractivity contribution in [3.63, 3.8) is 0 Å². The van der Waals surface area contributed by atoms with Gasteiger partial charge in [0.05, 0.1) is 47.7 Å². The molecule has 6 fully saturated rings. The Morgan fingerprint density at radius 1 is 0.622 bits per heavy atom. The Balaban J connectivity index is 0.000000402. The molecule has 4 saturated heterocycles. The number of alkyl halides is 1. The smallest absolute Gasteiger partial charge is 1.00 e. The van der Waals surface area contributed by atoms with E-state index in [1.807, 2.05) is 60.7 Å². The second-order valence-corrected chi connectivity index (χ2v) is 43.5. The van der Waals surface area contributed by atoms with E-state index in [1.54, 1.807) is 6.92 Å². The molecule has 17 nitrogen and oxygen atoms in total. The van der Waals surface area contributed by atoms with Crippen molar-refractivity contribution in [2.24, 2.45) is 11.8 Å². The van der Waals surface area contributed by atoms with Gasteiger partial charge in [-0.05, 0) is 68.8 Å². The molecule has 2 spiro atoms. The number of β-lactam (4-membered cyclic amide) rings is 2. The number of nitrogens with zero attached hydrogens (tertiary/aromatic N) is 4. The fraction of sp³-hybridized carbons (Fsp3) is 0.707. The maximum Gasteiger partial charge on any atom is 1.00 e. The van der Waals surface area contributed by atoms with E-state index in [0.29, 0.717) is 0 Å².